The predicted molar refractivity (Wildman–Crippen MR) is 84.8 cm³/mol. The zero-order valence-corrected chi connectivity index (χ0v) is 13.0. The van der Waals surface area contributed by atoms with Crippen LogP contribution in [0.1, 0.15) is 18.4 Å². The molecule has 22 heavy (non-hydrogen) atoms. The van der Waals surface area contributed by atoms with Crippen molar-refractivity contribution < 1.29 is 4.39 Å². The maximum absolute atomic E-state index is 12.9. The average molecular weight is 301 g/mol. The minimum absolute atomic E-state index is 0.300. The summed E-state index contributed by atoms with van der Waals surface area (Å²) in [5.41, 5.74) is 1.07. The van der Waals surface area contributed by atoms with Crippen LogP contribution in [0.25, 0.3) is 0 Å². The van der Waals surface area contributed by atoms with Crippen molar-refractivity contribution in [1.82, 2.24) is 15.0 Å². The number of anilines is 2. The number of hydrogen-bond acceptors (Lipinski definition) is 5. The van der Waals surface area contributed by atoms with Crippen molar-refractivity contribution in [3.63, 3.8) is 0 Å². The van der Waals surface area contributed by atoms with Crippen LogP contribution in [0.3, 0.4) is 0 Å². The van der Waals surface area contributed by atoms with Gasteiger partial charge in [-0.15, -0.1) is 0 Å². The number of pyridine rings is 1. The van der Waals surface area contributed by atoms with Gasteiger partial charge in [0.15, 0.2) is 0 Å². The number of piperazine rings is 1. The second-order valence-corrected chi connectivity index (χ2v) is 5.43. The Hall–Kier alpha value is -2.24. The molecule has 2 aromatic heterocycles. The van der Waals surface area contributed by atoms with E-state index in [0.717, 1.165) is 55.8 Å². The Kier molecular flexibility index (Phi) is 4.18. The Bertz CT molecular complexity index is 635. The Labute approximate surface area is 129 Å². The van der Waals surface area contributed by atoms with Crippen LogP contribution in [0, 0.1) is 12.7 Å². The summed E-state index contributed by atoms with van der Waals surface area (Å²) in [4.78, 5) is 17.6. The summed E-state index contributed by atoms with van der Waals surface area (Å²) in [6.07, 6.45) is 2.18. The summed E-state index contributed by atoms with van der Waals surface area (Å²) < 4.78 is 12.9. The summed E-state index contributed by atoms with van der Waals surface area (Å²) in [5.74, 6) is 2.34. The predicted octanol–water partition coefficient (Wildman–Crippen LogP) is 2.21. The lowest BCUT2D eigenvalue weighted by atomic mass is 10.2. The van der Waals surface area contributed by atoms with E-state index in [-0.39, 0.29) is 5.82 Å². The molecule has 0 aliphatic carbocycles. The van der Waals surface area contributed by atoms with Gasteiger partial charge in [0.2, 0.25) is 0 Å². The van der Waals surface area contributed by atoms with Crippen molar-refractivity contribution in [3.8, 4) is 0 Å². The molecule has 1 aliphatic heterocycles. The molecule has 1 saturated heterocycles. The van der Waals surface area contributed by atoms with E-state index in [1.54, 1.807) is 6.07 Å². The second kappa shape index (κ2) is 6.25. The molecule has 6 heteroatoms. The summed E-state index contributed by atoms with van der Waals surface area (Å²) in [5, 5.41) is 0. The van der Waals surface area contributed by atoms with E-state index in [1.807, 2.05) is 6.92 Å². The number of rotatable bonds is 3. The minimum Gasteiger partial charge on any atom is -0.353 e. The molecular formula is C16H20FN5. The second-order valence-electron chi connectivity index (χ2n) is 5.43. The van der Waals surface area contributed by atoms with Gasteiger partial charge in [-0.1, -0.05) is 6.92 Å². The Morgan fingerprint density at radius 1 is 1.05 bits per heavy atom. The smallest absolute Gasteiger partial charge is 0.141 e. The molecule has 1 fully saturated rings. The van der Waals surface area contributed by atoms with E-state index >= 15 is 0 Å². The fourth-order valence-corrected chi connectivity index (χ4v) is 2.68. The Morgan fingerprint density at radius 2 is 1.73 bits per heavy atom. The molecule has 0 unspecified atom stereocenters. The highest BCUT2D eigenvalue weighted by Gasteiger charge is 2.19. The van der Waals surface area contributed by atoms with Crippen LogP contribution in [0.4, 0.5) is 16.0 Å². The normalized spacial score (nSPS) is 15.2. The van der Waals surface area contributed by atoms with Crippen LogP contribution in [0.5, 0.6) is 0 Å². The van der Waals surface area contributed by atoms with Crippen molar-refractivity contribution in [3.05, 3.63) is 41.7 Å². The van der Waals surface area contributed by atoms with Gasteiger partial charge in [-0.05, 0) is 25.5 Å². The van der Waals surface area contributed by atoms with Gasteiger partial charge in [-0.25, -0.2) is 19.3 Å². The SMILES string of the molecule is CCc1cc(N2CCN(c3ccc(F)cn3)CC2)nc(C)n1. The lowest BCUT2D eigenvalue weighted by Gasteiger charge is -2.36. The van der Waals surface area contributed by atoms with Crippen molar-refractivity contribution >= 4 is 11.6 Å². The van der Waals surface area contributed by atoms with Crippen molar-refractivity contribution in [1.29, 1.82) is 0 Å². The van der Waals surface area contributed by atoms with Crippen molar-refractivity contribution in [2.24, 2.45) is 0 Å². The van der Waals surface area contributed by atoms with E-state index in [2.05, 4.69) is 37.7 Å². The summed E-state index contributed by atoms with van der Waals surface area (Å²) in [7, 11) is 0. The molecular weight excluding hydrogens is 281 g/mol. The molecule has 3 heterocycles. The molecule has 1 aliphatic rings. The summed E-state index contributed by atoms with van der Waals surface area (Å²) in [6, 6.07) is 5.25. The number of aromatic nitrogens is 3. The van der Waals surface area contributed by atoms with Crippen LogP contribution in [-0.4, -0.2) is 41.1 Å². The molecule has 0 aromatic carbocycles. The quantitative estimate of drug-likeness (QED) is 0.870. The number of halogens is 1. The molecule has 0 amide bonds. The maximum Gasteiger partial charge on any atom is 0.141 e. The zero-order chi connectivity index (χ0) is 15.5. The van der Waals surface area contributed by atoms with Crippen LogP contribution in [0.15, 0.2) is 24.4 Å². The zero-order valence-electron chi connectivity index (χ0n) is 13.0. The maximum atomic E-state index is 12.9. The van der Waals surface area contributed by atoms with Gasteiger partial charge in [-0.3, -0.25) is 0 Å². The lowest BCUT2D eigenvalue weighted by Crippen LogP contribution is -2.47. The van der Waals surface area contributed by atoms with Gasteiger partial charge in [0.25, 0.3) is 0 Å². The van der Waals surface area contributed by atoms with E-state index in [9.17, 15) is 4.39 Å². The Morgan fingerprint density at radius 3 is 2.32 bits per heavy atom. The largest absolute Gasteiger partial charge is 0.353 e. The highest BCUT2D eigenvalue weighted by atomic mass is 19.1. The molecule has 0 radical (unpaired) electrons. The molecule has 0 saturated carbocycles. The van der Waals surface area contributed by atoms with Crippen molar-refractivity contribution in [2.45, 2.75) is 20.3 Å². The number of nitrogens with zero attached hydrogens (tertiary/aromatic N) is 5. The highest BCUT2D eigenvalue weighted by Crippen LogP contribution is 2.18. The average Bonchev–Trinajstić information content (AvgIpc) is 2.55. The summed E-state index contributed by atoms with van der Waals surface area (Å²) in [6.45, 7) is 7.48. The monoisotopic (exact) mass is 301 g/mol. The van der Waals surface area contributed by atoms with E-state index in [1.165, 1.54) is 12.3 Å². The van der Waals surface area contributed by atoms with Crippen LogP contribution < -0.4 is 9.80 Å². The van der Waals surface area contributed by atoms with Gasteiger partial charge < -0.3 is 9.80 Å². The molecule has 2 aromatic rings. The summed E-state index contributed by atoms with van der Waals surface area (Å²) >= 11 is 0. The minimum atomic E-state index is -0.300. The fourth-order valence-electron chi connectivity index (χ4n) is 2.68. The standard InChI is InChI=1S/C16H20FN5/c1-3-14-10-16(20-12(2)19-14)22-8-6-21(7-9-22)15-5-4-13(17)11-18-15/h4-5,10-11H,3,6-9H2,1-2H3. The third-order valence-corrected chi connectivity index (χ3v) is 3.88. The third-order valence-electron chi connectivity index (χ3n) is 3.88. The van der Waals surface area contributed by atoms with Crippen LogP contribution in [-0.2, 0) is 6.42 Å². The van der Waals surface area contributed by atoms with Crippen molar-refractivity contribution in [2.75, 3.05) is 36.0 Å². The fraction of sp³-hybridized carbons (Fsp3) is 0.438. The van der Waals surface area contributed by atoms with Gasteiger partial charge >= 0.3 is 0 Å². The molecule has 0 atom stereocenters. The molecule has 5 nitrogen and oxygen atoms in total. The van der Waals surface area contributed by atoms with Gasteiger partial charge in [0.05, 0.1) is 6.20 Å². The molecule has 3 rings (SSSR count). The molecule has 116 valence electrons. The van der Waals surface area contributed by atoms with E-state index < -0.39 is 0 Å². The van der Waals surface area contributed by atoms with Gasteiger partial charge in [0, 0.05) is 37.9 Å². The first-order chi connectivity index (χ1) is 10.7. The van der Waals surface area contributed by atoms with Crippen LogP contribution in [0.2, 0.25) is 0 Å². The van der Waals surface area contributed by atoms with E-state index in [0.29, 0.717) is 0 Å². The first kappa shape index (κ1) is 14.7. The third kappa shape index (κ3) is 3.16. The van der Waals surface area contributed by atoms with Crippen LogP contribution >= 0.6 is 0 Å². The molecule has 0 N–H and O–H groups in total. The lowest BCUT2D eigenvalue weighted by molar-refractivity contribution is 0.613. The number of hydrogen-bond donors (Lipinski definition) is 0. The molecule has 0 spiro atoms. The first-order valence-corrected chi connectivity index (χ1v) is 7.61. The Balaban J connectivity index is 1.69. The van der Waals surface area contributed by atoms with E-state index in [4.69, 9.17) is 0 Å². The topological polar surface area (TPSA) is 45.2 Å². The van der Waals surface area contributed by atoms with Gasteiger partial charge in [-0.2, -0.15) is 0 Å². The molecule has 0 bridgehead atoms. The highest BCUT2D eigenvalue weighted by molar-refractivity contribution is 5.45. The first-order valence-electron chi connectivity index (χ1n) is 7.61. The van der Waals surface area contributed by atoms with Gasteiger partial charge in [0.1, 0.15) is 23.3 Å². The number of aryl methyl sites for hydroxylation is 2.